The molecule has 1 atom stereocenters. The van der Waals surface area contributed by atoms with Crippen molar-refractivity contribution in [2.75, 3.05) is 5.21 Å². The molecule has 6 heavy (non-hydrogen) atoms. The molecule has 0 aromatic heterocycles. The Labute approximate surface area is 44.1 Å². The maximum atomic E-state index is 9.92. The van der Waals surface area contributed by atoms with Crippen LogP contribution in [0.1, 0.15) is 0 Å². The first kappa shape index (κ1) is 6.00. The molecule has 0 rings (SSSR count). The van der Waals surface area contributed by atoms with E-state index >= 15 is 0 Å². The maximum absolute atomic E-state index is 9.92. The van der Waals surface area contributed by atoms with E-state index in [1.165, 1.54) is 0 Å². The fourth-order valence-corrected chi connectivity index (χ4v) is 0.283. The second-order valence-electron chi connectivity index (χ2n) is 0.572. The molecule has 1 unspecified atom stereocenters. The normalized spacial score (nSPS) is 12.7. The van der Waals surface area contributed by atoms with Gasteiger partial charge in [-0.25, -0.2) is 4.21 Å². The lowest BCUT2D eigenvalue weighted by Crippen LogP contribution is -1.80. The van der Waals surface area contributed by atoms with E-state index in [4.69, 9.17) is 11.6 Å². The van der Waals surface area contributed by atoms with Gasteiger partial charge in [-0.05, 0) is 5.25 Å². The molecular weight excluding hydrogens is 120 g/mol. The van der Waals surface area contributed by atoms with E-state index in [1.807, 2.05) is 5.25 Å². The molecule has 0 radical (unpaired) electrons. The number of terminal acetylenes is 1. The predicted molar refractivity (Wildman–Crippen MR) is 27.7 cm³/mol. The van der Waals surface area contributed by atoms with E-state index in [-0.39, 0.29) is 5.21 Å². The lowest BCUT2D eigenvalue weighted by Gasteiger charge is -1.72. The zero-order valence-corrected chi connectivity index (χ0v) is 4.55. The van der Waals surface area contributed by atoms with Crippen molar-refractivity contribution in [1.82, 2.24) is 0 Å². The zero-order chi connectivity index (χ0) is 4.99. The highest BCUT2D eigenvalue weighted by atomic mass is 35.5. The Balaban J connectivity index is 3.33. The average molecular weight is 123 g/mol. The number of hydrogen-bond acceptors (Lipinski definition) is 1. The highest BCUT2D eigenvalue weighted by Gasteiger charge is 1.81. The van der Waals surface area contributed by atoms with Crippen molar-refractivity contribution in [1.29, 1.82) is 0 Å². The highest BCUT2D eigenvalue weighted by Crippen LogP contribution is 1.79. The van der Waals surface area contributed by atoms with Gasteiger partial charge >= 0.3 is 0 Å². The van der Waals surface area contributed by atoms with Crippen molar-refractivity contribution in [2.45, 2.75) is 0 Å². The van der Waals surface area contributed by atoms with Crippen LogP contribution in [0.25, 0.3) is 0 Å². The Morgan fingerprint density at radius 2 is 2.50 bits per heavy atom. The van der Waals surface area contributed by atoms with E-state index in [2.05, 4.69) is 6.42 Å². The lowest BCUT2D eigenvalue weighted by atomic mass is 11.4. The first-order valence-electron chi connectivity index (χ1n) is 1.22. The second kappa shape index (κ2) is 3.20. The van der Waals surface area contributed by atoms with Crippen molar-refractivity contribution in [3.8, 4) is 11.7 Å². The summed E-state index contributed by atoms with van der Waals surface area (Å²) in [5.74, 6) is 0. The van der Waals surface area contributed by atoms with Crippen LogP contribution in [-0.2, 0) is 10.8 Å². The smallest absolute Gasteiger partial charge is 0.112 e. The van der Waals surface area contributed by atoms with E-state index in [0.29, 0.717) is 0 Å². The summed E-state index contributed by atoms with van der Waals surface area (Å²) >= 11 is 5.01. The van der Waals surface area contributed by atoms with Gasteiger partial charge in [0, 0.05) is 0 Å². The van der Waals surface area contributed by atoms with Crippen LogP contribution in [0.2, 0.25) is 0 Å². The van der Waals surface area contributed by atoms with Crippen LogP contribution in [-0.4, -0.2) is 9.42 Å². The van der Waals surface area contributed by atoms with Crippen molar-refractivity contribution in [3.05, 3.63) is 0 Å². The number of halogens is 1. The molecule has 34 valence electrons. The molecule has 0 aliphatic rings. The lowest BCUT2D eigenvalue weighted by molar-refractivity contribution is 0.692. The topological polar surface area (TPSA) is 17.1 Å². The molecule has 0 aliphatic heterocycles. The molecule has 0 bridgehead atoms. The number of hydrogen-bond donors (Lipinski definition) is 0. The maximum Gasteiger partial charge on any atom is 0.112 e. The summed E-state index contributed by atoms with van der Waals surface area (Å²) in [5, 5.41) is 1.99. The van der Waals surface area contributed by atoms with Gasteiger partial charge in [0.15, 0.2) is 0 Å². The molecule has 0 aromatic rings. The van der Waals surface area contributed by atoms with Crippen LogP contribution in [0.4, 0.5) is 0 Å². The summed E-state index contributed by atoms with van der Waals surface area (Å²) in [5.41, 5.74) is 0. The largest absolute Gasteiger partial charge is 0.245 e. The van der Waals surface area contributed by atoms with Gasteiger partial charge in [-0.1, -0.05) is 0 Å². The summed E-state index contributed by atoms with van der Waals surface area (Å²) in [6, 6.07) is 0. The molecule has 0 heterocycles. The van der Waals surface area contributed by atoms with Crippen molar-refractivity contribution in [3.63, 3.8) is 0 Å². The van der Waals surface area contributed by atoms with Crippen molar-refractivity contribution < 1.29 is 4.21 Å². The predicted octanol–water partition coefficient (Wildman–Crippen LogP) is 0.522. The standard InChI is InChI=1S/C3H3ClOS/c1-2-6(5)3-4/h1H,3H2. The van der Waals surface area contributed by atoms with E-state index in [0.717, 1.165) is 0 Å². The van der Waals surface area contributed by atoms with Crippen LogP contribution in [0, 0.1) is 11.7 Å². The Morgan fingerprint density at radius 1 is 2.00 bits per heavy atom. The van der Waals surface area contributed by atoms with E-state index in [9.17, 15) is 4.21 Å². The molecule has 0 aliphatic carbocycles. The molecule has 0 fully saturated rings. The SMILES string of the molecule is C#CS(=O)CCl. The van der Waals surface area contributed by atoms with Gasteiger partial charge in [0.05, 0.1) is 0 Å². The van der Waals surface area contributed by atoms with Gasteiger partial charge in [-0.15, -0.1) is 18.0 Å². The van der Waals surface area contributed by atoms with Crippen LogP contribution in [0.3, 0.4) is 0 Å². The van der Waals surface area contributed by atoms with Gasteiger partial charge in [0.25, 0.3) is 0 Å². The number of rotatable bonds is 1. The van der Waals surface area contributed by atoms with Crippen molar-refractivity contribution in [2.24, 2.45) is 0 Å². The Morgan fingerprint density at radius 3 is 2.50 bits per heavy atom. The van der Waals surface area contributed by atoms with Crippen LogP contribution in [0.5, 0.6) is 0 Å². The Hall–Kier alpha value is -0.0000000000000000555. The molecule has 1 nitrogen and oxygen atoms in total. The summed E-state index contributed by atoms with van der Waals surface area (Å²) in [7, 11) is -1.24. The highest BCUT2D eigenvalue weighted by molar-refractivity contribution is 7.90. The third kappa shape index (κ3) is 2.25. The van der Waals surface area contributed by atoms with Crippen LogP contribution < -0.4 is 0 Å². The van der Waals surface area contributed by atoms with Crippen LogP contribution in [0.15, 0.2) is 0 Å². The molecule has 0 amide bonds. The summed E-state index contributed by atoms with van der Waals surface area (Å²) in [6.45, 7) is 0. The third-order valence-corrected chi connectivity index (χ3v) is 1.29. The first-order chi connectivity index (χ1) is 2.81. The molecule has 0 aromatic carbocycles. The summed E-state index contributed by atoms with van der Waals surface area (Å²) < 4.78 is 9.92. The van der Waals surface area contributed by atoms with E-state index < -0.39 is 10.8 Å². The molecule has 0 spiro atoms. The molecule has 0 saturated carbocycles. The quantitative estimate of drug-likeness (QED) is 0.366. The third-order valence-electron chi connectivity index (χ3n) is 0.231. The molecule has 0 N–H and O–H groups in total. The van der Waals surface area contributed by atoms with Crippen molar-refractivity contribution >= 4 is 22.4 Å². The Kier molecular flexibility index (Phi) is 3.20. The summed E-state index contributed by atoms with van der Waals surface area (Å²) in [4.78, 5) is 0. The van der Waals surface area contributed by atoms with Gasteiger partial charge in [-0.3, -0.25) is 0 Å². The molecule has 3 heteroatoms. The Bertz CT molecular complexity index is 93.5. The average Bonchev–Trinajstić information content (AvgIpc) is 1.65. The fourth-order valence-electron chi connectivity index (χ4n) is 0.0315. The first-order valence-corrected chi connectivity index (χ1v) is 3.07. The molecule has 0 saturated heterocycles. The van der Waals surface area contributed by atoms with Gasteiger partial charge in [0.1, 0.15) is 16.0 Å². The minimum atomic E-state index is -1.24. The fraction of sp³-hybridized carbons (Fsp3) is 0.333. The number of alkyl halides is 1. The minimum absolute atomic E-state index is 0.0382. The van der Waals surface area contributed by atoms with Gasteiger partial charge < -0.3 is 0 Å². The summed E-state index contributed by atoms with van der Waals surface area (Å²) in [6.07, 6.45) is 4.65. The second-order valence-corrected chi connectivity index (χ2v) is 2.37. The van der Waals surface area contributed by atoms with Gasteiger partial charge in [0.2, 0.25) is 0 Å². The monoisotopic (exact) mass is 122 g/mol. The molecular formula is C3H3ClOS. The zero-order valence-electron chi connectivity index (χ0n) is 2.98. The minimum Gasteiger partial charge on any atom is -0.245 e. The van der Waals surface area contributed by atoms with E-state index in [1.54, 1.807) is 0 Å². The van der Waals surface area contributed by atoms with Crippen LogP contribution >= 0.6 is 11.6 Å². The van der Waals surface area contributed by atoms with Gasteiger partial charge in [-0.2, -0.15) is 0 Å².